The van der Waals surface area contributed by atoms with Crippen LogP contribution in [0.25, 0.3) is 38.5 Å². The molecular weight excluding hydrogens is 581 g/mol. The van der Waals surface area contributed by atoms with Gasteiger partial charge in [0.15, 0.2) is 6.54 Å². The number of aromatic nitrogens is 1. The Bertz CT molecular complexity index is 1880. The lowest BCUT2D eigenvalue weighted by atomic mass is 10.0. The van der Waals surface area contributed by atoms with E-state index in [4.69, 9.17) is 0 Å². The highest BCUT2D eigenvalue weighted by molar-refractivity contribution is 8.04. The second kappa shape index (κ2) is 11.7. The standard InChI is InChI=1S/C34H32N2O3S3/c1-23(2)21-35-29-18-27(25-10-6-4-7-11-25)14-16-31(29)40-33(35)20-34-36(22-24(3)42(37,38)39)30-19-28(15-17-32(30)41-34)26-12-8-5-9-13-26/h4-20,23-24H,21-22H2,1-3H3/p+1. The lowest BCUT2D eigenvalue weighted by molar-refractivity contribution is -0.674. The van der Waals surface area contributed by atoms with E-state index in [1.807, 2.05) is 29.2 Å². The molecule has 0 aliphatic carbocycles. The van der Waals surface area contributed by atoms with Crippen LogP contribution in [-0.4, -0.2) is 24.8 Å². The minimum absolute atomic E-state index is 0.149. The molecule has 0 saturated heterocycles. The van der Waals surface area contributed by atoms with Crippen LogP contribution in [0.4, 0.5) is 5.69 Å². The molecule has 1 unspecified atom stereocenters. The largest absolute Gasteiger partial charge is 0.333 e. The Morgan fingerprint density at radius 3 is 2.07 bits per heavy atom. The maximum Gasteiger partial charge on any atom is 0.269 e. The van der Waals surface area contributed by atoms with Crippen LogP contribution >= 0.6 is 23.1 Å². The zero-order valence-corrected chi connectivity index (χ0v) is 26.2. The molecule has 1 aliphatic heterocycles. The zero-order valence-electron chi connectivity index (χ0n) is 23.8. The summed E-state index contributed by atoms with van der Waals surface area (Å²) in [6, 6.07) is 33.6. The Hall–Kier alpha value is -3.43. The zero-order chi connectivity index (χ0) is 29.4. The minimum Gasteiger partial charge on any atom is -0.333 e. The molecule has 8 heteroatoms. The lowest BCUT2D eigenvalue weighted by Crippen LogP contribution is -2.38. The Kier molecular flexibility index (Phi) is 7.98. The fourth-order valence-corrected chi connectivity index (χ4v) is 7.83. The minimum atomic E-state index is -4.21. The van der Waals surface area contributed by atoms with Gasteiger partial charge in [-0.15, -0.1) is 0 Å². The highest BCUT2D eigenvalue weighted by Crippen LogP contribution is 2.48. The molecule has 214 valence electrons. The summed E-state index contributed by atoms with van der Waals surface area (Å²) in [6.07, 6.45) is 2.18. The van der Waals surface area contributed by atoms with Gasteiger partial charge in [-0.2, -0.15) is 13.0 Å². The third-order valence-corrected chi connectivity index (χ3v) is 10.8. The van der Waals surface area contributed by atoms with E-state index in [0.29, 0.717) is 5.92 Å². The number of thiazole rings is 1. The van der Waals surface area contributed by atoms with Crippen LogP contribution in [0, 0.1) is 5.92 Å². The molecular formula is C34H33N2O3S3+. The molecule has 6 rings (SSSR count). The Morgan fingerprint density at radius 1 is 0.833 bits per heavy atom. The first-order valence-corrected chi connectivity index (χ1v) is 17.2. The molecule has 4 aromatic carbocycles. The van der Waals surface area contributed by atoms with Crippen molar-refractivity contribution in [1.82, 2.24) is 0 Å². The average molecular weight is 614 g/mol. The Morgan fingerprint density at radius 2 is 1.45 bits per heavy atom. The average Bonchev–Trinajstić information content (AvgIpc) is 3.49. The lowest BCUT2D eigenvalue weighted by Gasteiger charge is -2.23. The van der Waals surface area contributed by atoms with Crippen molar-refractivity contribution < 1.29 is 17.5 Å². The predicted octanol–water partition coefficient (Wildman–Crippen LogP) is 8.37. The van der Waals surface area contributed by atoms with Crippen LogP contribution in [-0.2, 0) is 16.7 Å². The molecule has 0 radical (unpaired) electrons. The number of hydrogen-bond donors (Lipinski definition) is 1. The molecule has 0 saturated carbocycles. The van der Waals surface area contributed by atoms with Crippen molar-refractivity contribution in [2.45, 2.75) is 37.5 Å². The second-order valence-electron chi connectivity index (χ2n) is 11.1. The normalized spacial score (nSPS) is 15.1. The summed E-state index contributed by atoms with van der Waals surface area (Å²) >= 11 is 3.38. The number of nitrogens with zero attached hydrogens (tertiary/aromatic N) is 2. The van der Waals surface area contributed by atoms with Crippen LogP contribution in [0.2, 0.25) is 0 Å². The van der Waals surface area contributed by atoms with Gasteiger partial charge in [-0.3, -0.25) is 4.55 Å². The van der Waals surface area contributed by atoms with Gasteiger partial charge in [-0.05, 0) is 47.4 Å². The van der Waals surface area contributed by atoms with E-state index in [1.54, 1.807) is 30.0 Å². The van der Waals surface area contributed by atoms with Crippen molar-refractivity contribution >= 4 is 55.2 Å². The summed E-state index contributed by atoms with van der Waals surface area (Å²) in [5.74, 6) is 0.433. The molecule has 42 heavy (non-hydrogen) atoms. The van der Waals surface area contributed by atoms with Crippen molar-refractivity contribution in [2.24, 2.45) is 5.92 Å². The topological polar surface area (TPSA) is 61.5 Å². The van der Waals surface area contributed by atoms with E-state index < -0.39 is 15.4 Å². The van der Waals surface area contributed by atoms with Gasteiger partial charge in [0, 0.05) is 23.4 Å². The predicted molar refractivity (Wildman–Crippen MR) is 176 cm³/mol. The number of benzene rings is 4. The number of rotatable bonds is 8. The van der Waals surface area contributed by atoms with Gasteiger partial charge in [0.2, 0.25) is 5.52 Å². The number of anilines is 1. The van der Waals surface area contributed by atoms with Crippen LogP contribution < -0.4 is 9.47 Å². The van der Waals surface area contributed by atoms with Crippen LogP contribution in [0.5, 0.6) is 0 Å². The van der Waals surface area contributed by atoms with Gasteiger partial charge in [0.25, 0.3) is 15.1 Å². The summed E-state index contributed by atoms with van der Waals surface area (Å²) in [5, 5.41) is 1.09. The van der Waals surface area contributed by atoms with Crippen LogP contribution in [0.1, 0.15) is 25.8 Å². The third kappa shape index (κ3) is 5.90. The molecule has 2 heterocycles. The Labute approximate surface area is 255 Å². The molecule has 0 bridgehead atoms. The third-order valence-electron chi connectivity index (χ3n) is 7.42. The molecule has 1 aliphatic rings. The van der Waals surface area contributed by atoms with Crippen molar-refractivity contribution in [3.63, 3.8) is 0 Å². The fraction of sp³-hybridized carbons (Fsp3) is 0.206. The first-order chi connectivity index (χ1) is 20.2. The van der Waals surface area contributed by atoms with Gasteiger partial charge >= 0.3 is 0 Å². The molecule has 1 atom stereocenters. The molecule has 5 aromatic rings. The van der Waals surface area contributed by atoms with Crippen molar-refractivity contribution in [3.8, 4) is 22.3 Å². The van der Waals surface area contributed by atoms with Gasteiger partial charge in [-0.25, -0.2) is 0 Å². The summed E-state index contributed by atoms with van der Waals surface area (Å²) in [6.45, 7) is 7.00. The van der Waals surface area contributed by atoms with E-state index in [9.17, 15) is 13.0 Å². The first-order valence-electron chi connectivity index (χ1n) is 14.0. The molecule has 0 fully saturated rings. The molecule has 1 aromatic heterocycles. The highest BCUT2D eigenvalue weighted by Gasteiger charge is 2.32. The van der Waals surface area contributed by atoms with Crippen molar-refractivity contribution in [1.29, 1.82) is 0 Å². The summed E-state index contributed by atoms with van der Waals surface area (Å²) in [4.78, 5) is 3.11. The van der Waals surface area contributed by atoms with Gasteiger partial charge < -0.3 is 4.90 Å². The van der Waals surface area contributed by atoms with E-state index in [-0.39, 0.29) is 6.54 Å². The summed E-state index contributed by atoms with van der Waals surface area (Å²) in [7, 11) is -4.21. The fourth-order valence-electron chi connectivity index (χ4n) is 5.24. The monoisotopic (exact) mass is 613 g/mol. The molecule has 0 amide bonds. The van der Waals surface area contributed by atoms with Gasteiger partial charge in [0.1, 0.15) is 9.95 Å². The number of thioether (sulfide) groups is 1. The molecule has 5 nitrogen and oxygen atoms in total. The van der Waals surface area contributed by atoms with Crippen molar-refractivity contribution in [2.75, 3.05) is 11.4 Å². The van der Waals surface area contributed by atoms with Gasteiger partial charge in [-0.1, -0.05) is 110 Å². The smallest absolute Gasteiger partial charge is 0.269 e. The van der Waals surface area contributed by atoms with E-state index in [1.165, 1.54) is 21.3 Å². The summed E-state index contributed by atoms with van der Waals surface area (Å²) in [5.41, 5.74) is 6.66. The van der Waals surface area contributed by atoms with E-state index in [0.717, 1.165) is 38.3 Å². The maximum absolute atomic E-state index is 12.1. The molecule has 0 spiro atoms. The maximum atomic E-state index is 12.1. The van der Waals surface area contributed by atoms with E-state index >= 15 is 0 Å². The summed E-state index contributed by atoms with van der Waals surface area (Å²) < 4.78 is 37.7. The second-order valence-corrected chi connectivity index (χ2v) is 15.0. The quantitative estimate of drug-likeness (QED) is 0.141. The van der Waals surface area contributed by atoms with Crippen LogP contribution in [0.3, 0.4) is 0 Å². The van der Waals surface area contributed by atoms with Crippen LogP contribution in [0.15, 0.2) is 107 Å². The van der Waals surface area contributed by atoms with E-state index in [2.05, 4.69) is 97.3 Å². The SMILES string of the molecule is CC(C)C[n+]1c(C=C2Sc3ccc(-c4ccccc4)cc3N2CC(C)S(=O)(=O)O)sc2ccc(-c3ccccc3)cc21. The molecule has 1 N–H and O–H groups in total. The Balaban J connectivity index is 1.47. The van der Waals surface area contributed by atoms with Gasteiger partial charge in [0.05, 0.1) is 16.8 Å². The number of fused-ring (bicyclic) bond motifs is 2. The van der Waals surface area contributed by atoms with Crippen molar-refractivity contribution in [3.05, 3.63) is 107 Å². The highest BCUT2D eigenvalue weighted by atomic mass is 32.2. The first kappa shape index (κ1) is 28.7. The number of hydrogen-bond acceptors (Lipinski definition) is 5.